The van der Waals surface area contributed by atoms with E-state index >= 15 is 0 Å². The second-order valence-electron chi connectivity index (χ2n) is 4.78. The van der Waals surface area contributed by atoms with Gasteiger partial charge in [-0.2, -0.15) is 5.10 Å². The van der Waals surface area contributed by atoms with Gasteiger partial charge in [-0.05, 0) is 42.8 Å². The first-order valence-electron chi connectivity index (χ1n) is 6.72. The van der Waals surface area contributed by atoms with Gasteiger partial charge in [0.2, 0.25) is 5.88 Å². The summed E-state index contributed by atoms with van der Waals surface area (Å²) in [6, 6.07) is 10.4. The summed E-state index contributed by atoms with van der Waals surface area (Å²) in [4.78, 5) is 12.2. The Labute approximate surface area is 127 Å². The molecular formula is C16H15N3O3. The number of benzene rings is 1. The third-order valence-electron chi connectivity index (χ3n) is 3.10. The fourth-order valence-corrected chi connectivity index (χ4v) is 1.97. The minimum atomic E-state index is -0.319. The number of hydrogen-bond acceptors (Lipinski definition) is 4. The third kappa shape index (κ3) is 2.85. The van der Waals surface area contributed by atoms with Crippen molar-refractivity contribution < 1.29 is 13.9 Å². The minimum absolute atomic E-state index is 0.221. The minimum Gasteiger partial charge on any atom is -0.497 e. The highest BCUT2D eigenvalue weighted by Gasteiger charge is 2.13. The largest absolute Gasteiger partial charge is 0.497 e. The second-order valence-corrected chi connectivity index (χ2v) is 4.78. The van der Waals surface area contributed by atoms with Crippen LogP contribution in [0.25, 0.3) is 5.88 Å². The molecule has 112 valence electrons. The molecule has 1 N–H and O–H groups in total. The number of rotatable bonds is 4. The number of amides is 1. The highest BCUT2D eigenvalue weighted by atomic mass is 16.5. The normalized spacial score (nSPS) is 10.5. The molecule has 0 fully saturated rings. The summed E-state index contributed by atoms with van der Waals surface area (Å²) >= 11 is 0. The van der Waals surface area contributed by atoms with E-state index in [1.165, 1.54) is 0 Å². The fourth-order valence-electron chi connectivity index (χ4n) is 1.97. The number of carbonyl (C=O) groups excluding carboxylic acids is 1. The quantitative estimate of drug-likeness (QED) is 0.803. The van der Waals surface area contributed by atoms with Gasteiger partial charge in [0.15, 0.2) is 5.76 Å². The van der Waals surface area contributed by atoms with Gasteiger partial charge in [0.05, 0.1) is 13.3 Å². The Morgan fingerprint density at radius 3 is 2.64 bits per heavy atom. The topological polar surface area (TPSA) is 69.3 Å². The van der Waals surface area contributed by atoms with E-state index in [9.17, 15) is 4.79 Å². The van der Waals surface area contributed by atoms with Crippen molar-refractivity contribution in [1.82, 2.24) is 9.78 Å². The number of anilines is 1. The average Bonchev–Trinajstić information content (AvgIpc) is 3.16. The maximum atomic E-state index is 12.2. The number of furan rings is 1. The van der Waals surface area contributed by atoms with Crippen LogP contribution in [-0.4, -0.2) is 22.8 Å². The predicted molar refractivity (Wildman–Crippen MR) is 81.5 cm³/mol. The van der Waals surface area contributed by atoms with Crippen LogP contribution in [0.15, 0.2) is 53.2 Å². The third-order valence-corrected chi connectivity index (χ3v) is 3.10. The summed E-state index contributed by atoms with van der Waals surface area (Å²) in [5.74, 6) is 1.12. The maximum absolute atomic E-state index is 12.2. The Hall–Kier alpha value is -3.02. The lowest BCUT2D eigenvalue weighted by Crippen LogP contribution is -2.10. The van der Waals surface area contributed by atoms with Crippen molar-refractivity contribution in [3.8, 4) is 11.6 Å². The van der Waals surface area contributed by atoms with E-state index in [0.29, 0.717) is 11.6 Å². The predicted octanol–water partition coefficient (Wildman–Crippen LogP) is 3.03. The molecule has 2 heterocycles. The molecule has 6 heteroatoms. The van der Waals surface area contributed by atoms with Gasteiger partial charge in [-0.1, -0.05) is 0 Å². The van der Waals surface area contributed by atoms with Crippen LogP contribution in [0.4, 0.5) is 5.69 Å². The fraction of sp³-hybridized carbons (Fsp3) is 0.125. The molecule has 0 atom stereocenters. The number of aryl methyl sites for hydroxylation is 1. The van der Waals surface area contributed by atoms with Crippen molar-refractivity contribution in [2.75, 3.05) is 12.4 Å². The molecule has 3 rings (SSSR count). The van der Waals surface area contributed by atoms with Gasteiger partial charge in [-0.25, -0.2) is 4.68 Å². The van der Waals surface area contributed by atoms with Gasteiger partial charge in [0.25, 0.3) is 5.91 Å². The Morgan fingerprint density at radius 2 is 2.00 bits per heavy atom. The lowest BCUT2D eigenvalue weighted by Gasteiger charge is -2.04. The van der Waals surface area contributed by atoms with Crippen molar-refractivity contribution in [3.05, 3.63) is 60.1 Å². The lowest BCUT2D eigenvalue weighted by molar-refractivity contribution is 0.0996. The van der Waals surface area contributed by atoms with Gasteiger partial charge in [-0.3, -0.25) is 4.79 Å². The Balaban J connectivity index is 1.73. The molecule has 6 nitrogen and oxygen atoms in total. The van der Waals surface area contributed by atoms with Crippen LogP contribution in [0.3, 0.4) is 0 Å². The monoisotopic (exact) mass is 297 g/mol. The highest BCUT2D eigenvalue weighted by molar-refractivity contribution is 6.02. The number of hydrogen-bond donors (Lipinski definition) is 1. The molecule has 22 heavy (non-hydrogen) atoms. The van der Waals surface area contributed by atoms with Gasteiger partial charge in [0, 0.05) is 18.0 Å². The molecule has 0 aliphatic heterocycles. The summed E-state index contributed by atoms with van der Waals surface area (Å²) in [5.41, 5.74) is 1.68. The Bertz CT molecular complexity index is 787. The van der Waals surface area contributed by atoms with E-state index in [0.717, 1.165) is 11.3 Å². The van der Waals surface area contributed by atoms with E-state index in [4.69, 9.17) is 9.15 Å². The zero-order chi connectivity index (χ0) is 15.5. The van der Waals surface area contributed by atoms with E-state index in [-0.39, 0.29) is 11.7 Å². The first-order valence-corrected chi connectivity index (χ1v) is 6.72. The Morgan fingerprint density at radius 1 is 1.23 bits per heavy atom. The molecule has 1 amide bonds. The number of nitrogens with zero attached hydrogens (tertiary/aromatic N) is 2. The van der Waals surface area contributed by atoms with Crippen LogP contribution < -0.4 is 10.1 Å². The molecular weight excluding hydrogens is 282 g/mol. The van der Waals surface area contributed by atoms with Crippen molar-refractivity contribution in [3.63, 3.8) is 0 Å². The molecule has 1 aromatic carbocycles. The van der Waals surface area contributed by atoms with Crippen LogP contribution in [0.5, 0.6) is 5.75 Å². The number of aromatic nitrogens is 2. The van der Waals surface area contributed by atoms with Gasteiger partial charge >= 0.3 is 0 Å². The van der Waals surface area contributed by atoms with Crippen molar-refractivity contribution in [2.45, 2.75) is 6.92 Å². The van der Waals surface area contributed by atoms with Gasteiger partial charge < -0.3 is 14.5 Å². The maximum Gasteiger partial charge on any atom is 0.291 e. The summed E-state index contributed by atoms with van der Waals surface area (Å²) in [6.07, 6.45) is 3.55. The average molecular weight is 297 g/mol. The van der Waals surface area contributed by atoms with Crippen molar-refractivity contribution >= 4 is 11.6 Å². The smallest absolute Gasteiger partial charge is 0.291 e. The molecule has 0 aliphatic carbocycles. The highest BCUT2D eigenvalue weighted by Crippen LogP contribution is 2.18. The summed E-state index contributed by atoms with van der Waals surface area (Å²) in [5, 5.41) is 6.90. The molecule has 0 saturated heterocycles. The van der Waals surface area contributed by atoms with E-state index < -0.39 is 0 Å². The van der Waals surface area contributed by atoms with E-state index in [1.807, 2.05) is 13.1 Å². The van der Waals surface area contributed by atoms with Crippen LogP contribution >= 0.6 is 0 Å². The van der Waals surface area contributed by atoms with Gasteiger partial charge in [-0.15, -0.1) is 0 Å². The SMILES string of the molecule is COc1ccc(NC(=O)c2ccc(-n3cc(C)cn3)o2)cc1. The van der Waals surface area contributed by atoms with Crippen LogP contribution in [-0.2, 0) is 0 Å². The van der Waals surface area contributed by atoms with Crippen LogP contribution in [0, 0.1) is 6.92 Å². The van der Waals surface area contributed by atoms with E-state index in [2.05, 4.69) is 10.4 Å². The first-order chi connectivity index (χ1) is 10.7. The summed E-state index contributed by atoms with van der Waals surface area (Å²) in [6.45, 7) is 1.93. The molecule has 0 radical (unpaired) electrons. The number of nitrogens with one attached hydrogen (secondary N) is 1. The number of methoxy groups -OCH3 is 1. The summed E-state index contributed by atoms with van der Waals surface area (Å²) in [7, 11) is 1.59. The number of ether oxygens (including phenoxy) is 1. The second kappa shape index (κ2) is 5.77. The molecule has 3 aromatic rings. The van der Waals surface area contributed by atoms with Crippen LogP contribution in [0.1, 0.15) is 16.1 Å². The molecule has 0 unspecified atom stereocenters. The standard InChI is InChI=1S/C16H15N3O3/c1-11-9-17-19(10-11)15-8-7-14(22-15)16(20)18-12-3-5-13(21-2)6-4-12/h3-10H,1-2H3,(H,18,20). The Kier molecular flexibility index (Phi) is 3.65. The molecule has 0 spiro atoms. The zero-order valence-electron chi connectivity index (χ0n) is 12.2. The van der Waals surface area contributed by atoms with E-state index in [1.54, 1.807) is 54.4 Å². The molecule has 0 aliphatic rings. The molecule has 0 saturated carbocycles. The zero-order valence-corrected chi connectivity index (χ0v) is 12.2. The van der Waals surface area contributed by atoms with Crippen LogP contribution in [0.2, 0.25) is 0 Å². The lowest BCUT2D eigenvalue weighted by atomic mass is 10.3. The molecule has 2 aromatic heterocycles. The first kappa shape index (κ1) is 13.9. The molecule has 0 bridgehead atoms. The number of carbonyl (C=O) groups is 1. The summed E-state index contributed by atoms with van der Waals surface area (Å²) < 4.78 is 12.2. The van der Waals surface area contributed by atoms with Crippen molar-refractivity contribution in [2.24, 2.45) is 0 Å². The van der Waals surface area contributed by atoms with Crippen molar-refractivity contribution in [1.29, 1.82) is 0 Å². The van der Waals surface area contributed by atoms with Gasteiger partial charge in [0.1, 0.15) is 5.75 Å².